The van der Waals surface area contributed by atoms with Gasteiger partial charge in [0, 0.05) is 18.0 Å². The molecule has 2 aromatic rings. The molecule has 0 saturated carbocycles. The van der Waals surface area contributed by atoms with Crippen molar-refractivity contribution in [2.75, 3.05) is 13.7 Å². The number of rotatable bonds is 4. The Labute approximate surface area is 118 Å². The molecule has 1 N–H and O–H groups in total. The summed E-state index contributed by atoms with van der Waals surface area (Å²) in [6.45, 7) is 0.216. The molecule has 1 aromatic carbocycles. The van der Waals surface area contributed by atoms with Gasteiger partial charge in [0.1, 0.15) is 24.7 Å². The van der Waals surface area contributed by atoms with E-state index in [0.29, 0.717) is 23.7 Å². The average Bonchev–Trinajstić information content (AvgIpc) is 2.52. The highest BCUT2D eigenvalue weighted by molar-refractivity contribution is 5.50. The van der Waals surface area contributed by atoms with Gasteiger partial charge in [-0.15, -0.1) is 0 Å². The predicted molar refractivity (Wildman–Crippen MR) is 75.5 cm³/mol. The Kier molecular flexibility index (Phi) is 4.99. The van der Waals surface area contributed by atoms with E-state index >= 15 is 0 Å². The summed E-state index contributed by atoms with van der Waals surface area (Å²) in [5, 5.41) is 8.80. The highest BCUT2D eigenvalue weighted by Crippen LogP contribution is 2.24. The molecule has 0 aliphatic carbocycles. The van der Waals surface area contributed by atoms with Crippen LogP contribution in [-0.4, -0.2) is 23.8 Å². The molecule has 0 atom stereocenters. The highest BCUT2D eigenvalue weighted by Gasteiger charge is 2.04. The van der Waals surface area contributed by atoms with Crippen LogP contribution in [0.4, 0.5) is 0 Å². The first-order valence-electron chi connectivity index (χ1n) is 6.13. The van der Waals surface area contributed by atoms with Crippen LogP contribution in [-0.2, 0) is 6.61 Å². The second-order valence-electron chi connectivity index (χ2n) is 3.97. The van der Waals surface area contributed by atoms with Gasteiger partial charge in [-0.25, -0.2) is 0 Å². The van der Waals surface area contributed by atoms with E-state index < -0.39 is 0 Å². The van der Waals surface area contributed by atoms with E-state index in [0.717, 1.165) is 5.56 Å². The summed E-state index contributed by atoms with van der Waals surface area (Å²) in [6, 6.07) is 9.19. The normalized spacial score (nSPS) is 9.50. The summed E-state index contributed by atoms with van der Waals surface area (Å²) in [5.41, 5.74) is 1.66. The molecule has 0 saturated heterocycles. The van der Waals surface area contributed by atoms with Gasteiger partial charge in [0.25, 0.3) is 0 Å². The van der Waals surface area contributed by atoms with Gasteiger partial charge in [-0.2, -0.15) is 0 Å². The number of hydrogen-bond acceptors (Lipinski definition) is 4. The minimum Gasteiger partial charge on any atom is -0.497 e. The van der Waals surface area contributed by atoms with Crippen molar-refractivity contribution < 1.29 is 14.6 Å². The van der Waals surface area contributed by atoms with Gasteiger partial charge in [-0.05, 0) is 24.3 Å². The van der Waals surface area contributed by atoms with Crippen LogP contribution in [0.15, 0.2) is 42.7 Å². The van der Waals surface area contributed by atoms with Crippen molar-refractivity contribution in [1.29, 1.82) is 0 Å². The van der Waals surface area contributed by atoms with Crippen molar-refractivity contribution >= 4 is 0 Å². The Morgan fingerprint density at radius 1 is 1.30 bits per heavy atom. The summed E-state index contributed by atoms with van der Waals surface area (Å²) in [5.74, 6) is 6.81. The number of hydrogen-bond donors (Lipinski definition) is 1. The van der Waals surface area contributed by atoms with Crippen molar-refractivity contribution in [1.82, 2.24) is 4.98 Å². The van der Waals surface area contributed by atoms with Crippen LogP contribution in [0.2, 0.25) is 0 Å². The summed E-state index contributed by atoms with van der Waals surface area (Å²) in [6.07, 6.45) is 3.47. The number of benzene rings is 1. The molecule has 4 nitrogen and oxygen atoms in total. The highest BCUT2D eigenvalue weighted by atomic mass is 16.5. The van der Waals surface area contributed by atoms with Crippen LogP contribution in [0, 0.1) is 11.8 Å². The first-order chi connectivity index (χ1) is 9.83. The topological polar surface area (TPSA) is 51.6 Å². The van der Waals surface area contributed by atoms with Crippen molar-refractivity contribution in [3.05, 3.63) is 53.9 Å². The predicted octanol–water partition coefficient (Wildman–Crippen LogP) is 2.01. The Balaban J connectivity index is 2.17. The van der Waals surface area contributed by atoms with Gasteiger partial charge in [0.15, 0.2) is 0 Å². The van der Waals surface area contributed by atoms with Crippen molar-refractivity contribution in [3.8, 4) is 23.3 Å². The molecule has 1 aromatic heterocycles. The van der Waals surface area contributed by atoms with E-state index in [1.165, 1.54) is 0 Å². The van der Waals surface area contributed by atoms with E-state index in [4.69, 9.17) is 14.6 Å². The van der Waals surface area contributed by atoms with E-state index in [1.807, 2.05) is 18.2 Å². The van der Waals surface area contributed by atoms with Crippen molar-refractivity contribution in [3.63, 3.8) is 0 Å². The second kappa shape index (κ2) is 7.17. The molecular formula is C16H15NO3. The van der Waals surface area contributed by atoms with Gasteiger partial charge in [0.2, 0.25) is 0 Å². The zero-order valence-electron chi connectivity index (χ0n) is 11.2. The second-order valence-corrected chi connectivity index (χ2v) is 3.97. The number of nitrogens with zero attached hydrogens (tertiary/aromatic N) is 1. The quantitative estimate of drug-likeness (QED) is 0.863. The van der Waals surface area contributed by atoms with Gasteiger partial charge in [-0.3, -0.25) is 4.98 Å². The molecule has 0 bridgehead atoms. The fourth-order valence-corrected chi connectivity index (χ4v) is 1.64. The van der Waals surface area contributed by atoms with E-state index in [9.17, 15) is 0 Å². The Hall–Kier alpha value is -2.51. The first kappa shape index (κ1) is 13.9. The van der Waals surface area contributed by atoms with Gasteiger partial charge in [-0.1, -0.05) is 17.9 Å². The Morgan fingerprint density at radius 2 is 2.20 bits per heavy atom. The molecule has 102 valence electrons. The number of methoxy groups -OCH3 is 1. The molecule has 1 heterocycles. The largest absolute Gasteiger partial charge is 0.497 e. The third-order valence-corrected chi connectivity index (χ3v) is 2.61. The smallest absolute Gasteiger partial charge is 0.135 e. The number of aliphatic hydroxyl groups excluding tert-OH is 1. The molecule has 4 heteroatoms. The fraction of sp³-hybridized carbons (Fsp3) is 0.188. The summed E-state index contributed by atoms with van der Waals surface area (Å²) in [7, 11) is 1.59. The minimum absolute atomic E-state index is 0.195. The molecule has 0 aliphatic heterocycles. The summed E-state index contributed by atoms with van der Waals surface area (Å²) in [4.78, 5) is 4.04. The number of aromatic nitrogens is 1. The van der Waals surface area contributed by atoms with Crippen LogP contribution < -0.4 is 9.47 Å². The fourth-order valence-electron chi connectivity index (χ4n) is 1.64. The Morgan fingerprint density at radius 3 is 2.90 bits per heavy atom. The minimum atomic E-state index is -0.195. The lowest BCUT2D eigenvalue weighted by molar-refractivity contribution is 0.304. The lowest BCUT2D eigenvalue weighted by atomic mass is 10.2. The van der Waals surface area contributed by atoms with E-state index in [-0.39, 0.29) is 6.61 Å². The van der Waals surface area contributed by atoms with Gasteiger partial charge < -0.3 is 14.6 Å². The molecule has 0 fully saturated rings. The maximum absolute atomic E-state index is 8.80. The maximum atomic E-state index is 8.80. The van der Waals surface area contributed by atoms with Crippen molar-refractivity contribution in [2.24, 2.45) is 0 Å². The first-order valence-corrected chi connectivity index (χ1v) is 6.13. The van der Waals surface area contributed by atoms with Gasteiger partial charge in [0.05, 0.1) is 12.7 Å². The van der Waals surface area contributed by atoms with E-state index in [1.54, 1.807) is 31.6 Å². The lowest BCUT2D eigenvalue weighted by Crippen LogP contribution is -1.98. The Bertz CT molecular complexity index is 615. The molecule has 0 radical (unpaired) electrons. The summed E-state index contributed by atoms with van der Waals surface area (Å²) < 4.78 is 10.9. The van der Waals surface area contributed by atoms with Crippen LogP contribution in [0.3, 0.4) is 0 Å². The molecule has 2 rings (SSSR count). The van der Waals surface area contributed by atoms with Crippen molar-refractivity contribution in [2.45, 2.75) is 6.61 Å². The van der Waals surface area contributed by atoms with Crippen LogP contribution >= 0.6 is 0 Å². The third kappa shape index (κ3) is 3.74. The number of ether oxygens (including phenoxy) is 2. The number of pyridine rings is 1. The zero-order chi connectivity index (χ0) is 14.2. The molecule has 20 heavy (non-hydrogen) atoms. The van der Waals surface area contributed by atoms with E-state index in [2.05, 4.69) is 16.8 Å². The van der Waals surface area contributed by atoms with Crippen LogP contribution in [0.1, 0.15) is 11.1 Å². The molecule has 0 spiro atoms. The third-order valence-electron chi connectivity index (χ3n) is 2.61. The molecule has 0 amide bonds. The zero-order valence-corrected chi connectivity index (χ0v) is 11.2. The lowest BCUT2D eigenvalue weighted by Gasteiger charge is -2.09. The molecule has 0 unspecified atom stereocenters. The maximum Gasteiger partial charge on any atom is 0.135 e. The summed E-state index contributed by atoms with van der Waals surface area (Å²) >= 11 is 0. The van der Waals surface area contributed by atoms with Crippen LogP contribution in [0.5, 0.6) is 11.5 Å². The monoisotopic (exact) mass is 269 g/mol. The standard InChI is InChI=1S/C16H15NO3/c1-19-15-6-7-16(14(10-15)5-3-9-18)20-12-13-4-2-8-17-11-13/h2,4,6-8,10-11,18H,9,12H2,1H3. The SMILES string of the molecule is COc1ccc(OCc2cccnc2)c(C#CCO)c1. The molecular weight excluding hydrogens is 254 g/mol. The average molecular weight is 269 g/mol. The molecule has 0 aliphatic rings. The number of aliphatic hydroxyl groups is 1. The van der Waals surface area contributed by atoms with Crippen LogP contribution in [0.25, 0.3) is 0 Å². The van der Waals surface area contributed by atoms with Gasteiger partial charge >= 0.3 is 0 Å².